The van der Waals surface area contributed by atoms with Crippen LogP contribution in [-0.4, -0.2) is 14.1 Å². The summed E-state index contributed by atoms with van der Waals surface area (Å²) in [5.74, 6) is 2.33. The van der Waals surface area contributed by atoms with Crippen LogP contribution < -0.4 is 9.30 Å². The van der Waals surface area contributed by atoms with Gasteiger partial charge in [-0.3, -0.25) is 13.7 Å². The van der Waals surface area contributed by atoms with E-state index in [0.717, 1.165) is 56.3 Å². The van der Waals surface area contributed by atoms with E-state index < -0.39 is 0 Å². The van der Waals surface area contributed by atoms with Crippen LogP contribution in [0.4, 0.5) is 0 Å². The first kappa shape index (κ1) is 29.5. The lowest BCUT2D eigenvalue weighted by atomic mass is 9.93. The first-order valence-electron chi connectivity index (χ1n) is 17.8. The molecule has 0 saturated heterocycles. The lowest BCUT2D eigenvalue weighted by Crippen LogP contribution is -2.29. The summed E-state index contributed by atoms with van der Waals surface area (Å²) >= 11 is 0. The molecular weight excluding hydrogens is 649 g/mol. The van der Waals surface area contributed by atoms with E-state index >= 15 is 0 Å². The quantitative estimate of drug-likeness (QED) is 0.134. The van der Waals surface area contributed by atoms with Gasteiger partial charge in [-0.05, 0) is 82.1 Å². The van der Waals surface area contributed by atoms with Gasteiger partial charge >= 0.3 is 0 Å². The molecule has 5 heteroatoms. The summed E-state index contributed by atoms with van der Waals surface area (Å²) in [7, 11) is 0. The molecule has 7 aromatic carbocycles. The highest BCUT2D eigenvalue weighted by Crippen LogP contribution is 2.52. The van der Waals surface area contributed by atoms with Crippen LogP contribution in [0.15, 0.2) is 182 Å². The number of hydrogen-bond acceptors (Lipinski definition) is 2. The van der Waals surface area contributed by atoms with E-state index in [0.29, 0.717) is 0 Å². The van der Waals surface area contributed by atoms with E-state index in [1.54, 1.807) is 0 Å². The normalized spacial score (nSPS) is 11.8. The van der Waals surface area contributed by atoms with E-state index in [1.165, 1.54) is 38.6 Å². The molecule has 0 amide bonds. The summed E-state index contributed by atoms with van der Waals surface area (Å²) in [6.45, 7) is 0. The minimum absolute atomic E-state index is 0.737. The standard InChI is InChI=1S/C48H30N4O/c1-2-15-33(16-3-1)50-31-51(43-24-7-6-23-42(43)50)34-17-12-18-35(29-34)53-36-26-27-40-44(30-36)52(45-25-8-9-28-49-45)48-39-20-5-4-19-37(39)38-21-10-13-32-14-11-22-41(46(32)38)47(40)48/h1-30H. The molecule has 0 saturated carbocycles. The number of pyridine rings is 1. The van der Waals surface area contributed by atoms with Gasteiger partial charge in [-0.2, -0.15) is 0 Å². The number of para-hydroxylation sites is 3. The first-order chi connectivity index (χ1) is 26.3. The Balaban J connectivity index is 1.09. The Hall–Kier alpha value is -7.24. The number of rotatable bonds is 5. The van der Waals surface area contributed by atoms with E-state index in [9.17, 15) is 0 Å². The largest absolute Gasteiger partial charge is 0.458 e. The molecular formula is C48H30N4O. The molecule has 0 spiro atoms. The monoisotopic (exact) mass is 678 g/mol. The molecule has 0 N–H and O–H groups in total. The molecule has 0 radical (unpaired) electrons. The van der Waals surface area contributed by atoms with Crippen LogP contribution in [0.5, 0.6) is 11.5 Å². The van der Waals surface area contributed by atoms with Crippen LogP contribution in [0.3, 0.4) is 0 Å². The fraction of sp³-hybridized carbons (Fsp3) is 0. The lowest BCUT2D eigenvalue weighted by Gasteiger charge is -2.14. The smallest absolute Gasteiger partial charge is 0.269 e. The zero-order valence-corrected chi connectivity index (χ0v) is 28.5. The number of ether oxygens (including phenoxy) is 1. The Morgan fingerprint density at radius 3 is 2.15 bits per heavy atom. The van der Waals surface area contributed by atoms with Gasteiger partial charge in [0.05, 0.1) is 33.6 Å². The molecule has 0 unspecified atom stereocenters. The van der Waals surface area contributed by atoms with E-state index in [1.807, 2.05) is 48.7 Å². The van der Waals surface area contributed by atoms with Gasteiger partial charge in [0.25, 0.3) is 6.33 Å². The number of benzene rings is 7. The minimum Gasteiger partial charge on any atom is -0.458 e. The molecule has 0 fully saturated rings. The molecule has 248 valence electrons. The zero-order valence-electron chi connectivity index (χ0n) is 28.5. The molecule has 0 bridgehead atoms. The summed E-state index contributed by atoms with van der Waals surface area (Å²) in [6.07, 6.45) is 5.45. The summed E-state index contributed by atoms with van der Waals surface area (Å²) in [5, 5.41) is 3.63. The Morgan fingerprint density at radius 2 is 1.28 bits per heavy atom. The van der Waals surface area contributed by atoms with Crippen molar-refractivity contribution in [3.63, 3.8) is 0 Å². The molecule has 0 atom stereocenters. The van der Waals surface area contributed by atoms with Crippen LogP contribution in [-0.2, 0) is 0 Å². The van der Waals surface area contributed by atoms with Gasteiger partial charge in [0, 0.05) is 28.8 Å². The molecule has 0 aliphatic heterocycles. The maximum Gasteiger partial charge on any atom is 0.269 e. The fourth-order valence-electron chi connectivity index (χ4n) is 8.12. The number of nitrogens with zero attached hydrogens (tertiary/aromatic N) is 4. The molecule has 1 aliphatic carbocycles. The molecule has 53 heavy (non-hydrogen) atoms. The number of hydrogen-bond donors (Lipinski definition) is 0. The molecule has 3 aromatic heterocycles. The molecule has 3 heterocycles. The summed E-state index contributed by atoms with van der Waals surface area (Å²) in [6, 6.07) is 61.5. The van der Waals surface area contributed by atoms with Crippen molar-refractivity contribution in [1.82, 2.24) is 14.1 Å². The van der Waals surface area contributed by atoms with Gasteiger partial charge in [0.1, 0.15) is 17.3 Å². The third kappa shape index (κ3) is 4.57. The first-order valence-corrected chi connectivity index (χ1v) is 17.8. The fourth-order valence-corrected chi connectivity index (χ4v) is 8.12. The molecule has 10 aromatic rings. The minimum atomic E-state index is 0.737. The van der Waals surface area contributed by atoms with Crippen LogP contribution in [0.1, 0.15) is 0 Å². The van der Waals surface area contributed by atoms with Crippen LogP contribution in [0, 0.1) is 6.33 Å². The predicted molar refractivity (Wildman–Crippen MR) is 212 cm³/mol. The summed E-state index contributed by atoms with van der Waals surface area (Å²) in [5.41, 5.74) is 12.3. The van der Waals surface area contributed by atoms with Crippen molar-refractivity contribution in [2.45, 2.75) is 0 Å². The SMILES string of the molecule is [c-]1n(-c2cccc(Oc3ccc4c5c(n(-c6ccccn6)c4c3)-c3ccccc3-c3cccc4cccc-5c34)c2)c2ccccc2[n+]1-c1ccccc1. The Morgan fingerprint density at radius 1 is 0.547 bits per heavy atom. The van der Waals surface area contributed by atoms with Crippen molar-refractivity contribution in [1.29, 1.82) is 0 Å². The molecule has 5 nitrogen and oxygen atoms in total. The van der Waals surface area contributed by atoms with Gasteiger partial charge < -0.3 is 4.74 Å². The Kier molecular flexibility index (Phi) is 6.48. The average molecular weight is 679 g/mol. The predicted octanol–water partition coefficient (Wildman–Crippen LogP) is 11.3. The maximum atomic E-state index is 6.72. The van der Waals surface area contributed by atoms with Crippen LogP contribution in [0.25, 0.3) is 83.4 Å². The van der Waals surface area contributed by atoms with Gasteiger partial charge in [-0.15, -0.1) is 0 Å². The van der Waals surface area contributed by atoms with Crippen LogP contribution in [0.2, 0.25) is 0 Å². The highest BCUT2D eigenvalue weighted by Gasteiger charge is 2.28. The Labute approximate surface area is 305 Å². The second-order valence-electron chi connectivity index (χ2n) is 13.4. The molecule has 11 rings (SSSR count). The second-order valence-corrected chi connectivity index (χ2v) is 13.4. The Bertz CT molecular complexity index is 3030. The highest BCUT2D eigenvalue weighted by atomic mass is 16.5. The van der Waals surface area contributed by atoms with E-state index in [-0.39, 0.29) is 0 Å². The van der Waals surface area contributed by atoms with Crippen molar-refractivity contribution in [3.05, 3.63) is 188 Å². The van der Waals surface area contributed by atoms with Crippen molar-refractivity contribution < 1.29 is 9.30 Å². The van der Waals surface area contributed by atoms with E-state index in [4.69, 9.17) is 9.72 Å². The van der Waals surface area contributed by atoms with Crippen molar-refractivity contribution >= 4 is 32.7 Å². The summed E-state index contributed by atoms with van der Waals surface area (Å²) in [4.78, 5) is 4.90. The number of fused-ring (bicyclic) bond motifs is 8. The third-order valence-corrected chi connectivity index (χ3v) is 10.4. The van der Waals surface area contributed by atoms with Gasteiger partial charge in [-0.25, -0.2) is 4.98 Å². The summed E-state index contributed by atoms with van der Waals surface area (Å²) < 4.78 is 13.2. The zero-order chi connectivity index (χ0) is 34.9. The van der Waals surface area contributed by atoms with E-state index in [2.05, 4.69) is 153 Å². The van der Waals surface area contributed by atoms with Gasteiger partial charge in [0.2, 0.25) is 0 Å². The second kappa shape index (κ2) is 11.7. The van der Waals surface area contributed by atoms with Gasteiger partial charge in [-0.1, -0.05) is 115 Å². The van der Waals surface area contributed by atoms with Crippen molar-refractivity contribution in [2.24, 2.45) is 0 Å². The highest BCUT2D eigenvalue weighted by molar-refractivity contribution is 6.19. The number of imidazole rings is 1. The topological polar surface area (TPSA) is 35.9 Å². The van der Waals surface area contributed by atoms with Gasteiger partial charge in [0.15, 0.2) is 0 Å². The van der Waals surface area contributed by atoms with Crippen molar-refractivity contribution in [2.75, 3.05) is 0 Å². The van der Waals surface area contributed by atoms with Crippen LogP contribution >= 0.6 is 0 Å². The lowest BCUT2D eigenvalue weighted by molar-refractivity contribution is -0.572. The van der Waals surface area contributed by atoms with Crippen molar-refractivity contribution in [3.8, 4) is 62.2 Å². The average Bonchev–Trinajstić information content (AvgIpc) is 3.74. The molecule has 1 aliphatic rings. The maximum absolute atomic E-state index is 6.72. The number of aromatic nitrogens is 4. The third-order valence-electron chi connectivity index (χ3n) is 10.4.